The fraction of sp³-hybridized carbons (Fsp3) is 0.188. The van der Waals surface area contributed by atoms with Crippen LogP contribution in [0.2, 0.25) is 0 Å². The molecule has 148 valence electrons. The lowest BCUT2D eigenvalue weighted by Crippen LogP contribution is -2.28. The zero-order chi connectivity index (χ0) is 20.9. The van der Waals surface area contributed by atoms with Gasteiger partial charge in [0.05, 0.1) is 12.2 Å². The lowest BCUT2D eigenvalue weighted by molar-refractivity contribution is -0.192. The molecule has 3 heterocycles. The van der Waals surface area contributed by atoms with Gasteiger partial charge in [0.15, 0.2) is 0 Å². The van der Waals surface area contributed by atoms with E-state index in [1.165, 1.54) is 19.2 Å². The molecule has 0 radical (unpaired) electrons. The van der Waals surface area contributed by atoms with Gasteiger partial charge < -0.3 is 14.8 Å². The molecule has 0 saturated heterocycles. The van der Waals surface area contributed by atoms with Crippen LogP contribution in [0.3, 0.4) is 0 Å². The second kappa shape index (κ2) is 8.33. The molecule has 28 heavy (non-hydrogen) atoms. The van der Waals surface area contributed by atoms with E-state index in [2.05, 4.69) is 15.4 Å². The number of carboxylic acids is 1. The molecule has 0 spiro atoms. The number of rotatable bonds is 3. The predicted molar refractivity (Wildman–Crippen MR) is 89.5 cm³/mol. The number of aryl methyl sites for hydroxylation is 1. The van der Waals surface area contributed by atoms with Crippen molar-refractivity contribution in [2.45, 2.75) is 12.7 Å². The van der Waals surface area contributed by atoms with Gasteiger partial charge in [0.1, 0.15) is 11.3 Å². The van der Waals surface area contributed by atoms with Gasteiger partial charge in [-0.1, -0.05) is 6.07 Å². The number of carbonyl (C=O) groups excluding carboxylic acids is 1. The summed E-state index contributed by atoms with van der Waals surface area (Å²) in [6, 6.07) is 8.42. The average Bonchev–Trinajstić information content (AvgIpc) is 3.04. The van der Waals surface area contributed by atoms with E-state index in [9.17, 15) is 22.8 Å². The van der Waals surface area contributed by atoms with E-state index in [1.54, 1.807) is 0 Å². The minimum atomic E-state index is -5.08. The van der Waals surface area contributed by atoms with E-state index in [-0.39, 0.29) is 17.2 Å². The van der Waals surface area contributed by atoms with Crippen LogP contribution < -0.4 is 10.9 Å². The van der Waals surface area contributed by atoms with E-state index in [1.807, 2.05) is 35.0 Å². The number of carbonyl (C=O) groups is 2. The van der Waals surface area contributed by atoms with Crippen molar-refractivity contribution in [1.29, 1.82) is 0 Å². The van der Waals surface area contributed by atoms with Gasteiger partial charge in [-0.3, -0.25) is 9.59 Å². The summed E-state index contributed by atoms with van der Waals surface area (Å²) in [5.41, 5.74) is 1.51. The predicted octanol–water partition coefficient (Wildman–Crippen LogP) is 0.991. The fourth-order valence-corrected chi connectivity index (χ4v) is 1.96. The molecule has 0 unspecified atom stereocenters. The Morgan fingerprint density at radius 1 is 1.21 bits per heavy atom. The van der Waals surface area contributed by atoms with Gasteiger partial charge in [-0.15, -0.1) is 0 Å². The van der Waals surface area contributed by atoms with Gasteiger partial charge >= 0.3 is 12.1 Å². The molecule has 1 amide bonds. The number of halogens is 3. The number of alkyl halides is 3. The highest BCUT2D eigenvalue weighted by molar-refractivity contribution is 5.91. The molecule has 0 aromatic carbocycles. The van der Waals surface area contributed by atoms with Crippen molar-refractivity contribution in [2.75, 3.05) is 0 Å². The molecule has 9 nitrogen and oxygen atoms in total. The van der Waals surface area contributed by atoms with E-state index >= 15 is 0 Å². The first-order chi connectivity index (χ1) is 13.1. The van der Waals surface area contributed by atoms with Crippen molar-refractivity contribution < 1.29 is 27.9 Å². The molecule has 0 aliphatic rings. The normalized spacial score (nSPS) is 10.9. The molecule has 0 fully saturated rings. The van der Waals surface area contributed by atoms with Gasteiger partial charge in [-0.2, -0.15) is 18.3 Å². The Morgan fingerprint density at radius 3 is 2.46 bits per heavy atom. The van der Waals surface area contributed by atoms with Crippen molar-refractivity contribution in [3.63, 3.8) is 0 Å². The number of nitrogens with one attached hydrogen (secondary N) is 1. The second-order valence-electron chi connectivity index (χ2n) is 5.36. The number of nitrogens with zero attached hydrogens (tertiary/aromatic N) is 4. The van der Waals surface area contributed by atoms with E-state index in [0.717, 1.165) is 16.0 Å². The standard InChI is InChI=1S/C14H13N5O2.C2HF3O2/c1-18-13(20)6-5-11(17-18)14(21)15-8-10-9-19-7-3-2-4-12(19)16-10;3-2(4,5)1(6)7/h2-7,9H,8H2,1H3,(H,15,21);(H,6,7). The number of aromatic nitrogens is 4. The van der Waals surface area contributed by atoms with Crippen molar-refractivity contribution in [3.05, 3.63) is 64.5 Å². The molecular formula is C16H14F3N5O4. The number of amides is 1. The summed E-state index contributed by atoms with van der Waals surface area (Å²) in [6.07, 6.45) is -1.34. The van der Waals surface area contributed by atoms with Crippen LogP contribution in [-0.2, 0) is 18.4 Å². The molecule has 3 aromatic rings. The fourth-order valence-electron chi connectivity index (χ4n) is 1.96. The zero-order valence-corrected chi connectivity index (χ0v) is 14.3. The van der Waals surface area contributed by atoms with Gasteiger partial charge in [0, 0.05) is 25.5 Å². The number of aliphatic carboxylic acids is 1. The quantitative estimate of drug-likeness (QED) is 0.681. The summed E-state index contributed by atoms with van der Waals surface area (Å²) in [5, 5.41) is 13.7. The third-order valence-corrected chi connectivity index (χ3v) is 3.28. The zero-order valence-electron chi connectivity index (χ0n) is 14.3. The van der Waals surface area contributed by atoms with Crippen molar-refractivity contribution in [1.82, 2.24) is 24.5 Å². The Kier molecular flexibility index (Phi) is 6.13. The summed E-state index contributed by atoms with van der Waals surface area (Å²) >= 11 is 0. The van der Waals surface area contributed by atoms with Crippen molar-refractivity contribution in [3.8, 4) is 0 Å². The van der Waals surface area contributed by atoms with Crippen molar-refractivity contribution in [2.24, 2.45) is 7.05 Å². The Labute approximate surface area is 155 Å². The van der Waals surface area contributed by atoms with Gasteiger partial charge in [0.25, 0.3) is 11.5 Å². The summed E-state index contributed by atoms with van der Waals surface area (Å²) in [4.78, 5) is 36.5. The first kappa shape index (κ1) is 20.6. The largest absolute Gasteiger partial charge is 0.490 e. The topological polar surface area (TPSA) is 119 Å². The monoisotopic (exact) mass is 397 g/mol. The maximum absolute atomic E-state index is 12.0. The number of fused-ring (bicyclic) bond motifs is 1. The average molecular weight is 397 g/mol. The van der Waals surface area contributed by atoms with Gasteiger partial charge in [-0.25, -0.2) is 14.5 Å². The molecule has 3 aromatic heterocycles. The Hall–Kier alpha value is -3.70. The highest BCUT2D eigenvalue weighted by Gasteiger charge is 2.38. The molecule has 0 saturated carbocycles. The molecular weight excluding hydrogens is 383 g/mol. The molecule has 12 heteroatoms. The van der Waals surface area contributed by atoms with E-state index in [0.29, 0.717) is 6.54 Å². The van der Waals surface area contributed by atoms with Crippen LogP contribution in [0, 0.1) is 0 Å². The van der Waals surface area contributed by atoms with Crippen LogP contribution in [-0.4, -0.2) is 42.3 Å². The van der Waals surface area contributed by atoms with Crippen LogP contribution >= 0.6 is 0 Å². The first-order valence-electron chi connectivity index (χ1n) is 7.63. The minimum absolute atomic E-state index is 0.195. The van der Waals surface area contributed by atoms with E-state index in [4.69, 9.17) is 9.90 Å². The number of hydrogen-bond acceptors (Lipinski definition) is 5. The summed E-state index contributed by atoms with van der Waals surface area (Å²) in [6.45, 7) is 0.297. The van der Waals surface area contributed by atoms with Crippen LogP contribution in [0.15, 0.2) is 47.5 Å². The molecule has 0 atom stereocenters. The van der Waals surface area contributed by atoms with Crippen LogP contribution in [0.5, 0.6) is 0 Å². The maximum atomic E-state index is 12.0. The first-order valence-corrected chi connectivity index (χ1v) is 7.63. The lowest BCUT2D eigenvalue weighted by atomic mass is 10.3. The Morgan fingerprint density at radius 2 is 1.89 bits per heavy atom. The molecule has 0 aliphatic heterocycles. The molecule has 2 N–H and O–H groups in total. The number of pyridine rings is 1. The number of carboxylic acid groups (broad SMARTS) is 1. The molecule has 3 rings (SSSR count). The summed E-state index contributed by atoms with van der Waals surface area (Å²) in [5.74, 6) is -3.10. The number of hydrogen-bond donors (Lipinski definition) is 2. The third kappa shape index (κ3) is 5.40. The third-order valence-electron chi connectivity index (χ3n) is 3.28. The molecule has 0 bridgehead atoms. The highest BCUT2D eigenvalue weighted by Crippen LogP contribution is 2.13. The van der Waals surface area contributed by atoms with Crippen LogP contribution in [0.1, 0.15) is 16.2 Å². The Bertz CT molecular complexity index is 1030. The maximum Gasteiger partial charge on any atom is 0.490 e. The van der Waals surface area contributed by atoms with Crippen LogP contribution in [0.25, 0.3) is 5.65 Å². The summed E-state index contributed by atoms with van der Waals surface area (Å²) < 4.78 is 34.7. The lowest BCUT2D eigenvalue weighted by Gasteiger charge is -2.03. The SMILES string of the molecule is Cn1nc(C(=O)NCc2cn3ccccc3n2)ccc1=O.O=C(O)C(F)(F)F. The second-order valence-corrected chi connectivity index (χ2v) is 5.36. The van der Waals surface area contributed by atoms with Crippen LogP contribution in [0.4, 0.5) is 13.2 Å². The smallest absolute Gasteiger partial charge is 0.475 e. The molecule has 0 aliphatic carbocycles. The Balaban J connectivity index is 0.000000345. The summed E-state index contributed by atoms with van der Waals surface area (Å²) in [7, 11) is 1.50. The van der Waals surface area contributed by atoms with Gasteiger partial charge in [0.2, 0.25) is 0 Å². The minimum Gasteiger partial charge on any atom is -0.475 e. The number of imidazole rings is 1. The van der Waals surface area contributed by atoms with Crippen molar-refractivity contribution >= 4 is 17.5 Å². The van der Waals surface area contributed by atoms with Gasteiger partial charge in [-0.05, 0) is 18.2 Å². The van der Waals surface area contributed by atoms with E-state index < -0.39 is 12.1 Å². The highest BCUT2D eigenvalue weighted by atomic mass is 19.4.